The van der Waals surface area contributed by atoms with Crippen molar-refractivity contribution in [1.29, 1.82) is 5.26 Å². The monoisotopic (exact) mass is 356 g/mol. The molecule has 0 fully saturated rings. The molecule has 0 amide bonds. The second-order valence-electron chi connectivity index (χ2n) is 5.81. The van der Waals surface area contributed by atoms with Crippen molar-refractivity contribution in [2.45, 2.75) is 19.8 Å². The number of carboxylic acids is 1. The first kappa shape index (κ1) is 19.2. The lowest BCUT2D eigenvalue weighted by Crippen LogP contribution is -2.32. The van der Waals surface area contributed by atoms with Crippen LogP contribution in [-0.2, 0) is 19.1 Å². The SMILES string of the molecule is COCCOC(=O)C1=C(C)NC(C)=C(C(=O)O)C1c1cccc(C#N)c1. The van der Waals surface area contributed by atoms with Gasteiger partial charge in [-0.05, 0) is 31.5 Å². The summed E-state index contributed by atoms with van der Waals surface area (Å²) in [7, 11) is 1.49. The van der Waals surface area contributed by atoms with Gasteiger partial charge in [-0.15, -0.1) is 0 Å². The molecule has 0 saturated carbocycles. The first-order valence-corrected chi connectivity index (χ1v) is 7.98. The Hall–Kier alpha value is -3.11. The second kappa shape index (κ2) is 8.32. The van der Waals surface area contributed by atoms with E-state index in [0.29, 0.717) is 22.5 Å². The maximum atomic E-state index is 12.6. The molecule has 1 aromatic rings. The molecule has 1 atom stereocenters. The highest BCUT2D eigenvalue weighted by Crippen LogP contribution is 2.38. The largest absolute Gasteiger partial charge is 0.478 e. The third kappa shape index (κ3) is 3.92. The number of nitrogens with zero attached hydrogens (tertiary/aromatic N) is 1. The minimum Gasteiger partial charge on any atom is -0.478 e. The van der Waals surface area contributed by atoms with Crippen molar-refractivity contribution in [3.8, 4) is 6.07 Å². The molecular weight excluding hydrogens is 336 g/mol. The average Bonchev–Trinajstić information content (AvgIpc) is 2.60. The number of hydrogen-bond acceptors (Lipinski definition) is 6. The molecule has 0 radical (unpaired) electrons. The Morgan fingerprint density at radius 1 is 1.23 bits per heavy atom. The van der Waals surface area contributed by atoms with E-state index in [1.165, 1.54) is 7.11 Å². The molecule has 1 heterocycles. The van der Waals surface area contributed by atoms with Crippen LogP contribution in [-0.4, -0.2) is 37.4 Å². The van der Waals surface area contributed by atoms with Crippen molar-refractivity contribution >= 4 is 11.9 Å². The smallest absolute Gasteiger partial charge is 0.336 e. The first-order chi connectivity index (χ1) is 12.4. The Balaban J connectivity index is 2.55. The van der Waals surface area contributed by atoms with Crippen molar-refractivity contribution in [3.05, 3.63) is 57.9 Å². The van der Waals surface area contributed by atoms with E-state index in [2.05, 4.69) is 5.32 Å². The van der Waals surface area contributed by atoms with Crippen LogP contribution in [0.2, 0.25) is 0 Å². The molecule has 2 rings (SSSR count). The van der Waals surface area contributed by atoms with E-state index in [1.54, 1.807) is 38.1 Å². The highest BCUT2D eigenvalue weighted by atomic mass is 16.6. The molecule has 0 bridgehead atoms. The van der Waals surface area contributed by atoms with Crippen LogP contribution in [0.5, 0.6) is 0 Å². The number of aliphatic carboxylic acids is 1. The minimum atomic E-state index is -1.14. The van der Waals surface area contributed by atoms with Crippen molar-refractivity contribution in [2.75, 3.05) is 20.3 Å². The van der Waals surface area contributed by atoms with Gasteiger partial charge in [0.15, 0.2) is 0 Å². The molecule has 7 nitrogen and oxygen atoms in total. The number of hydrogen-bond donors (Lipinski definition) is 2. The van der Waals surface area contributed by atoms with Crippen LogP contribution in [0.1, 0.15) is 30.9 Å². The van der Waals surface area contributed by atoms with E-state index >= 15 is 0 Å². The molecule has 0 saturated heterocycles. The predicted octanol–water partition coefficient (Wildman–Crippen LogP) is 2.07. The van der Waals surface area contributed by atoms with Crippen LogP contribution >= 0.6 is 0 Å². The molecule has 26 heavy (non-hydrogen) atoms. The second-order valence-corrected chi connectivity index (χ2v) is 5.81. The van der Waals surface area contributed by atoms with Gasteiger partial charge in [0.2, 0.25) is 0 Å². The van der Waals surface area contributed by atoms with Crippen molar-refractivity contribution in [1.82, 2.24) is 5.32 Å². The zero-order chi connectivity index (χ0) is 19.3. The highest BCUT2D eigenvalue weighted by Gasteiger charge is 2.37. The van der Waals surface area contributed by atoms with Gasteiger partial charge in [-0.2, -0.15) is 5.26 Å². The molecule has 1 aliphatic rings. The van der Waals surface area contributed by atoms with Crippen molar-refractivity contribution in [2.24, 2.45) is 0 Å². The normalized spacial score (nSPS) is 16.8. The molecule has 1 aromatic carbocycles. The van der Waals surface area contributed by atoms with Crippen LogP contribution in [0.4, 0.5) is 0 Å². The molecular formula is C19H20N2O5. The lowest BCUT2D eigenvalue weighted by Gasteiger charge is -2.29. The molecule has 2 N–H and O–H groups in total. The van der Waals surface area contributed by atoms with Gasteiger partial charge in [0.25, 0.3) is 0 Å². The van der Waals surface area contributed by atoms with E-state index in [1.807, 2.05) is 6.07 Å². The predicted molar refractivity (Wildman–Crippen MR) is 92.9 cm³/mol. The van der Waals surface area contributed by atoms with Crippen LogP contribution in [0, 0.1) is 11.3 Å². The molecule has 0 aliphatic carbocycles. The summed E-state index contributed by atoms with van der Waals surface area (Å²) < 4.78 is 10.1. The number of methoxy groups -OCH3 is 1. The number of benzene rings is 1. The first-order valence-electron chi connectivity index (χ1n) is 7.98. The van der Waals surface area contributed by atoms with Crippen LogP contribution in [0.25, 0.3) is 0 Å². The summed E-state index contributed by atoms with van der Waals surface area (Å²) in [6.45, 7) is 3.63. The Morgan fingerprint density at radius 3 is 2.54 bits per heavy atom. The Labute approximate surface area is 151 Å². The third-order valence-electron chi connectivity index (χ3n) is 4.08. The summed E-state index contributed by atoms with van der Waals surface area (Å²) in [6, 6.07) is 8.59. The zero-order valence-electron chi connectivity index (χ0n) is 14.8. The summed E-state index contributed by atoms with van der Waals surface area (Å²) in [5, 5.41) is 21.8. The quantitative estimate of drug-likeness (QED) is 0.593. The molecule has 7 heteroatoms. The number of carbonyl (C=O) groups is 2. The standard InChI is InChI=1S/C19H20N2O5/c1-11-15(18(22)23)17(14-6-4-5-13(9-14)10-20)16(12(2)21-11)19(24)26-8-7-25-3/h4-6,9,17,21H,7-8H2,1-3H3,(H,22,23). The number of ether oxygens (including phenoxy) is 2. The number of allylic oxidation sites excluding steroid dienone is 2. The van der Waals surface area contributed by atoms with Gasteiger partial charge in [-0.1, -0.05) is 12.1 Å². The number of carbonyl (C=O) groups excluding carboxylic acids is 1. The fourth-order valence-electron chi connectivity index (χ4n) is 2.96. The maximum Gasteiger partial charge on any atom is 0.336 e. The summed E-state index contributed by atoms with van der Waals surface area (Å²) in [5.74, 6) is -2.60. The topological polar surface area (TPSA) is 109 Å². The molecule has 0 spiro atoms. The molecule has 0 aromatic heterocycles. The lowest BCUT2D eigenvalue weighted by atomic mass is 9.80. The third-order valence-corrected chi connectivity index (χ3v) is 4.08. The summed E-state index contributed by atoms with van der Waals surface area (Å²) in [6.07, 6.45) is 0. The minimum absolute atomic E-state index is 0.0457. The van der Waals surface area contributed by atoms with Crippen molar-refractivity contribution < 1.29 is 24.2 Å². The maximum absolute atomic E-state index is 12.6. The summed E-state index contributed by atoms with van der Waals surface area (Å²) >= 11 is 0. The van der Waals surface area contributed by atoms with E-state index < -0.39 is 17.9 Å². The van der Waals surface area contributed by atoms with Crippen LogP contribution in [0.3, 0.4) is 0 Å². The van der Waals surface area contributed by atoms with Gasteiger partial charge < -0.3 is 19.9 Å². The van der Waals surface area contributed by atoms with Gasteiger partial charge >= 0.3 is 11.9 Å². The Bertz CT molecular complexity index is 833. The Morgan fingerprint density at radius 2 is 1.92 bits per heavy atom. The van der Waals surface area contributed by atoms with Gasteiger partial charge in [0, 0.05) is 18.5 Å². The molecule has 1 aliphatic heterocycles. The fraction of sp³-hybridized carbons (Fsp3) is 0.316. The van der Waals surface area contributed by atoms with Gasteiger partial charge in [-0.3, -0.25) is 0 Å². The van der Waals surface area contributed by atoms with E-state index in [0.717, 1.165) is 0 Å². The van der Waals surface area contributed by atoms with Gasteiger partial charge in [0.05, 0.1) is 35.3 Å². The molecule has 1 unspecified atom stereocenters. The number of rotatable bonds is 6. The van der Waals surface area contributed by atoms with E-state index in [4.69, 9.17) is 14.7 Å². The van der Waals surface area contributed by atoms with Gasteiger partial charge in [-0.25, -0.2) is 9.59 Å². The lowest BCUT2D eigenvalue weighted by molar-refractivity contribution is -0.140. The summed E-state index contributed by atoms with van der Waals surface area (Å²) in [5.41, 5.74) is 2.13. The molecule has 136 valence electrons. The van der Waals surface area contributed by atoms with E-state index in [9.17, 15) is 14.7 Å². The number of nitrogens with one attached hydrogen (secondary N) is 1. The van der Waals surface area contributed by atoms with Gasteiger partial charge in [0.1, 0.15) is 6.61 Å². The number of nitriles is 1. The van der Waals surface area contributed by atoms with E-state index in [-0.39, 0.29) is 24.4 Å². The van der Waals surface area contributed by atoms with Crippen LogP contribution in [0.15, 0.2) is 46.8 Å². The Kier molecular flexibility index (Phi) is 6.15. The number of dihydropyridines is 1. The average molecular weight is 356 g/mol. The van der Waals surface area contributed by atoms with Crippen molar-refractivity contribution in [3.63, 3.8) is 0 Å². The summed E-state index contributed by atoms with van der Waals surface area (Å²) in [4.78, 5) is 24.5. The highest BCUT2D eigenvalue weighted by molar-refractivity contribution is 5.99. The number of esters is 1. The fourth-order valence-corrected chi connectivity index (χ4v) is 2.96. The van der Waals surface area contributed by atoms with Crippen LogP contribution < -0.4 is 5.32 Å². The zero-order valence-corrected chi connectivity index (χ0v) is 14.8. The number of carboxylic acid groups (broad SMARTS) is 1.